The van der Waals surface area contributed by atoms with Crippen LogP contribution < -0.4 is 10.1 Å². The topological polar surface area (TPSA) is 34.1 Å². The average Bonchev–Trinajstić information content (AvgIpc) is 2.30. The number of unbranched alkanes of at least 4 members (excludes halogenated alkanes) is 1. The maximum atomic E-state index is 5.56. The Hall–Kier alpha value is -1.09. The van der Waals surface area contributed by atoms with E-state index in [4.69, 9.17) is 4.74 Å². The van der Waals surface area contributed by atoms with Crippen LogP contribution in [0.3, 0.4) is 0 Å². The molecule has 1 rings (SSSR count). The Morgan fingerprint density at radius 1 is 1.38 bits per heavy atom. The Labute approximate surface area is 98.2 Å². The van der Waals surface area contributed by atoms with Crippen molar-refractivity contribution in [1.82, 2.24) is 10.3 Å². The summed E-state index contributed by atoms with van der Waals surface area (Å²) < 4.78 is 5.56. The first-order chi connectivity index (χ1) is 7.77. The average molecular weight is 222 g/mol. The summed E-state index contributed by atoms with van der Waals surface area (Å²) in [5.41, 5.74) is 1.06. The predicted molar refractivity (Wildman–Crippen MR) is 66.7 cm³/mol. The molecule has 1 aromatic rings. The van der Waals surface area contributed by atoms with Crippen LogP contribution in [0, 0.1) is 0 Å². The second kappa shape index (κ2) is 7.23. The number of hydrogen-bond acceptors (Lipinski definition) is 3. The van der Waals surface area contributed by atoms with Crippen LogP contribution in [0.4, 0.5) is 0 Å². The van der Waals surface area contributed by atoms with E-state index in [1.54, 1.807) is 6.20 Å². The summed E-state index contributed by atoms with van der Waals surface area (Å²) in [4.78, 5) is 4.39. The van der Waals surface area contributed by atoms with Gasteiger partial charge < -0.3 is 10.1 Å². The third-order valence-corrected chi connectivity index (χ3v) is 2.48. The molecule has 0 aliphatic carbocycles. The number of ether oxygens (including phenoxy) is 1. The second-order valence-electron chi connectivity index (χ2n) is 3.90. The van der Waals surface area contributed by atoms with Gasteiger partial charge in [-0.3, -0.25) is 4.98 Å². The summed E-state index contributed by atoms with van der Waals surface area (Å²) in [7, 11) is 0. The van der Waals surface area contributed by atoms with Gasteiger partial charge in [-0.1, -0.05) is 20.3 Å². The fraction of sp³-hybridized carbons (Fsp3) is 0.615. The van der Waals surface area contributed by atoms with Crippen molar-refractivity contribution in [3.8, 4) is 5.75 Å². The molecule has 3 nitrogen and oxygen atoms in total. The smallest absolute Gasteiger partial charge is 0.137 e. The highest BCUT2D eigenvalue weighted by Gasteiger charge is 2.04. The normalized spacial score (nSPS) is 12.4. The maximum absolute atomic E-state index is 5.56. The van der Waals surface area contributed by atoms with Crippen LogP contribution in [0.5, 0.6) is 5.75 Å². The molecule has 0 aliphatic rings. The number of nitrogens with one attached hydrogen (secondary N) is 1. The van der Waals surface area contributed by atoms with E-state index in [-0.39, 0.29) is 0 Å². The van der Waals surface area contributed by atoms with Crippen molar-refractivity contribution >= 4 is 0 Å². The lowest BCUT2D eigenvalue weighted by molar-refractivity contribution is 0.308. The number of nitrogens with zero attached hydrogens (tertiary/aromatic N) is 1. The van der Waals surface area contributed by atoms with Gasteiger partial charge in [0.1, 0.15) is 5.75 Å². The molecule has 0 saturated carbocycles. The molecule has 0 aromatic carbocycles. The van der Waals surface area contributed by atoms with Gasteiger partial charge in [0.05, 0.1) is 18.5 Å². The summed E-state index contributed by atoms with van der Waals surface area (Å²) in [5.74, 6) is 0.862. The van der Waals surface area contributed by atoms with Crippen molar-refractivity contribution in [2.45, 2.75) is 39.7 Å². The first-order valence-electron chi connectivity index (χ1n) is 6.10. The first-order valence-corrected chi connectivity index (χ1v) is 6.10. The minimum absolute atomic E-state index is 0.301. The van der Waals surface area contributed by atoms with Gasteiger partial charge in [-0.25, -0.2) is 0 Å². The van der Waals surface area contributed by atoms with Gasteiger partial charge in [-0.2, -0.15) is 0 Å². The van der Waals surface area contributed by atoms with Crippen LogP contribution in [0.25, 0.3) is 0 Å². The van der Waals surface area contributed by atoms with E-state index >= 15 is 0 Å². The molecule has 16 heavy (non-hydrogen) atoms. The monoisotopic (exact) mass is 222 g/mol. The molecule has 0 aliphatic heterocycles. The van der Waals surface area contributed by atoms with E-state index in [1.807, 2.05) is 12.1 Å². The van der Waals surface area contributed by atoms with Crippen LogP contribution in [-0.4, -0.2) is 18.1 Å². The summed E-state index contributed by atoms with van der Waals surface area (Å²) in [6.45, 7) is 8.10. The summed E-state index contributed by atoms with van der Waals surface area (Å²) >= 11 is 0. The Morgan fingerprint density at radius 2 is 2.19 bits per heavy atom. The third-order valence-electron chi connectivity index (χ3n) is 2.48. The molecule has 0 spiro atoms. The zero-order valence-electron chi connectivity index (χ0n) is 10.5. The lowest BCUT2D eigenvalue weighted by Crippen LogP contribution is -2.18. The highest BCUT2D eigenvalue weighted by Crippen LogP contribution is 2.14. The summed E-state index contributed by atoms with van der Waals surface area (Å²) in [5, 5.41) is 3.33. The molecular formula is C13H22N2O. The van der Waals surface area contributed by atoms with E-state index in [0.717, 1.165) is 37.4 Å². The molecule has 1 heterocycles. The molecule has 1 atom stereocenters. The van der Waals surface area contributed by atoms with Gasteiger partial charge in [0.25, 0.3) is 0 Å². The molecule has 90 valence electrons. The molecule has 1 unspecified atom stereocenters. The lowest BCUT2D eigenvalue weighted by Gasteiger charge is -2.12. The van der Waals surface area contributed by atoms with Crippen LogP contribution in [0.1, 0.15) is 45.3 Å². The second-order valence-corrected chi connectivity index (χ2v) is 3.90. The number of pyridine rings is 1. The molecule has 1 N–H and O–H groups in total. The Bertz CT molecular complexity index is 284. The van der Waals surface area contributed by atoms with E-state index in [2.05, 4.69) is 31.1 Å². The fourth-order valence-corrected chi connectivity index (χ4v) is 1.48. The van der Waals surface area contributed by atoms with Crippen molar-refractivity contribution in [3.05, 3.63) is 24.0 Å². The minimum atomic E-state index is 0.301. The molecule has 1 aromatic heterocycles. The van der Waals surface area contributed by atoms with Crippen molar-refractivity contribution in [2.24, 2.45) is 0 Å². The Kier molecular flexibility index (Phi) is 5.86. The van der Waals surface area contributed by atoms with Crippen molar-refractivity contribution in [3.63, 3.8) is 0 Å². The minimum Gasteiger partial charge on any atom is -0.492 e. The maximum Gasteiger partial charge on any atom is 0.137 e. The quantitative estimate of drug-likeness (QED) is 0.720. The molecule has 0 saturated heterocycles. The van der Waals surface area contributed by atoms with Gasteiger partial charge in [0.2, 0.25) is 0 Å². The van der Waals surface area contributed by atoms with Crippen LogP contribution in [-0.2, 0) is 0 Å². The van der Waals surface area contributed by atoms with Crippen molar-refractivity contribution in [1.29, 1.82) is 0 Å². The van der Waals surface area contributed by atoms with Gasteiger partial charge in [-0.15, -0.1) is 0 Å². The summed E-state index contributed by atoms with van der Waals surface area (Å²) in [6.07, 6.45) is 4.05. The van der Waals surface area contributed by atoms with Gasteiger partial charge in [0, 0.05) is 6.04 Å². The lowest BCUT2D eigenvalue weighted by atomic mass is 10.2. The van der Waals surface area contributed by atoms with E-state index < -0.39 is 0 Å². The predicted octanol–water partition coefficient (Wildman–Crippen LogP) is 2.93. The van der Waals surface area contributed by atoms with Crippen LogP contribution in [0.2, 0.25) is 0 Å². The van der Waals surface area contributed by atoms with Crippen LogP contribution >= 0.6 is 0 Å². The Balaban J connectivity index is 2.47. The number of rotatable bonds is 7. The molecule has 0 bridgehead atoms. The van der Waals surface area contributed by atoms with Crippen molar-refractivity contribution in [2.75, 3.05) is 13.2 Å². The van der Waals surface area contributed by atoms with Crippen LogP contribution in [0.15, 0.2) is 18.3 Å². The zero-order valence-corrected chi connectivity index (χ0v) is 10.5. The van der Waals surface area contributed by atoms with Gasteiger partial charge in [-0.05, 0) is 32.0 Å². The van der Waals surface area contributed by atoms with Gasteiger partial charge in [0.15, 0.2) is 0 Å². The number of aromatic nitrogens is 1. The molecule has 0 radical (unpaired) electrons. The highest BCUT2D eigenvalue weighted by molar-refractivity contribution is 5.21. The summed E-state index contributed by atoms with van der Waals surface area (Å²) in [6, 6.07) is 4.31. The Morgan fingerprint density at radius 3 is 2.75 bits per heavy atom. The molecule has 0 fully saturated rings. The molecular weight excluding hydrogens is 200 g/mol. The largest absolute Gasteiger partial charge is 0.492 e. The van der Waals surface area contributed by atoms with Crippen molar-refractivity contribution < 1.29 is 4.74 Å². The fourth-order valence-electron chi connectivity index (χ4n) is 1.48. The standard InChI is InChI=1S/C13H22N2O/c1-4-6-9-16-12-7-8-13(15-10-12)11(3)14-5-2/h7-8,10-11,14H,4-6,9H2,1-3H3. The molecule has 0 amide bonds. The molecule has 3 heteroatoms. The SMILES string of the molecule is CCCCOc1ccc(C(C)NCC)nc1. The number of hydrogen-bond donors (Lipinski definition) is 1. The van der Waals surface area contributed by atoms with E-state index in [1.165, 1.54) is 0 Å². The van der Waals surface area contributed by atoms with E-state index in [9.17, 15) is 0 Å². The van der Waals surface area contributed by atoms with E-state index in [0.29, 0.717) is 6.04 Å². The zero-order chi connectivity index (χ0) is 11.8. The van der Waals surface area contributed by atoms with Gasteiger partial charge >= 0.3 is 0 Å². The highest BCUT2D eigenvalue weighted by atomic mass is 16.5. The first kappa shape index (κ1) is 13.0. The third kappa shape index (κ3) is 4.19.